The molecule has 1 saturated heterocycles. The fourth-order valence-corrected chi connectivity index (χ4v) is 3.55. The van der Waals surface area contributed by atoms with Crippen molar-refractivity contribution in [1.82, 2.24) is 20.4 Å². The minimum atomic E-state index is 0.0971. The molecule has 0 radical (unpaired) electrons. The summed E-state index contributed by atoms with van der Waals surface area (Å²) in [6.45, 7) is 11.5. The van der Waals surface area contributed by atoms with Crippen LogP contribution in [0.2, 0.25) is 0 Å². The molecule has 2 heterocycles. The molecule has 3 rings (SSSR count). The Hall–Kier alpha value is -2.54. The number of fused-ring (bicyclic) bond motifs is 1. The highest BCUT2D eigenvalue weighted by Gasteiger charge is 2.21. The molecule has 1 aliphatic heterocycles. The van der Waals surface area contributed by atoms with E-state index in [1.165, 1.54) is 0 Å². The van der Waals surface area contributed by atoms with Crippen molar-refractivity contribution in [3.05, 3.63) is 36.1 Å². The Morgan fingerprint density at radius 1 is 1.21 bits per heavy atom. The lowest BCUT2D eigenvalue weighted by Crippen LogP contribution is -2.54. The minimum Gasteiger partial charge on any atom is -0.461 e. The molecular weight excluding hydrogens is 366 g/mol. The van der Waals surface area contributed by atoms with Gasteiger partial charge in [-0.1, -0.05) is 18.2 Å². The van der Waals surface area contributed by atoms with Gasteiger partial charge in [-0.2, -0.15) is 0 Å². The highest BCUT2D eigenvalue weighted by atomic mass is 16.3. The molecule has 29 heavy (non-hydrogen) atoms. The van der Waals surface area contributed by atoms with Crippen LogP contribution in [-0.2, 0) is 11.2 Å². The van der Waals surface area contributed by atoms with Gasteiger partial charge >= 0.3 is 0 Å². The van der Waals surface area contributed by atoms with Gasteiger partial charge in [0.1, 0.15) is 11.3 Å². The second-order valence-electron chi connectivity index (χ2n) is 7.72. The van der Waals surface area contributed by atoms with E-state index >= 15 is 0 Å². The van der Waals surface area contributed by atoms with Crippen molar-refractivity contribution >= 4 is 22.8 Å². The summed E-state index contributed by atoms with van der Waals surface area (Å²) in [7, 11) is 0. The lowest BCUT2D eigenvalue weighted by Gasteiger charge is -2.36. The third-order valence-corrected chi connectivity index (χ3v) is 4.92. The smallest absolute Gasteiger partial charge is 0.234 e. The first-order valence-corrected chi connectivity index (χ1v) is 10.6. The molecule has 1 aromatic carbocycles. The molecule has 7 nitrogen and oxygen atoms in total. The Bertz CT molecular complexity index is 788. The van der Waals surface area contributed by atoms with Crippen LogP contribution >= 0.6 is 0 Å². The average molecular weight is 400 g/mol. The third kappa shape index (κ3) is 6.22. The number of hydrogen-bond acceptors (Lipinski definition) is 4. The maximum absolute atomic E-state index is 12.0. The second kappa shape index (κ2) is 10.3. The van der Waals surface area contributed by atoms with Crippen molar-refractivity contribution in [1.29, 1.82) is 0 Å². The van der Waals surface area contributed by atoms with Crippen molar-refractivity contribution in [2.45, 2.75) is 33.2 Å². The number of rotatable bonds is 7. The number of hydrogen-bond donors (Lipinski definition) is 2. The Balaban J connectivity index is 1.50. The zero-order valence-corrected chi connectivity index (χ0v) is 17.8. The van der Waals surface area contributed by atoms with Crippen molar-refractivity contribution in [3.63, 3.8) is 0 Å². The van der Waals surface area contributed by atoms with Gasteiger partial charge < -0.3 is 20.0 Å². The molecule has 1 aromatic heterocycles. The number of piperazine rings is 1. The number of para-hydroxylation sites is 1. The van der Waals surface area contributed by atoms with Gasteiger partial charge in [0.2, 0.25) is 5.91 Å². The van der Waals surface area contributed by atoms with Crippen LogP contribution in [0.3, 0.4) is 0 Å². The van der Waals surface area contributed by atoms with E-state index in [0.29, 0.717) is 13.1 Å². The lowest BCUT2D eigenvalue weighted by molar-refractivity contribution is -0.123. The molecule has 1 fully saturated rings. The lowest BCUT2D eigenvalue weighted by atomic mass is 10.2. The van der Waals surface area contributed by atoms with E-state index < -0.39 is 0 Å². The molecule has 158 valence electrons. The van der Waals surface area contributed by atoms with Crippen LogP contribution in [0.25, 0.3) is 11.0 Å². The van der Waals surface area contributed by atoms with Crippen LogP contribution in [-0.4, -0.2) is 73.5 Å². The molecule has 0 saturated carbocycles. The molecule has 2 aromatic rings. The van der Waals surface area contributed by atoms with Gasteiger partial charge in [-0.15, -0.1) is 0 Å². The first kappa shape index (κ1) is 21.2. The number of aliphatic imine (C=N–C) groups is 1. The van der Waals surface area contributed by atoms with E-state index in [4.69, 9.17) is 9.41 Å². The number of carbonyl (C=O) groups is 1. The molecular formula is C22H33N5O2. The van der Waals surface area contributed by atoms with Crippen LogP contribution < -0.4 is 10.6 Å². The number of amides is 1. The maximum atomic E-state index is 12.0. The number of nitrogens with one attached hydrogen (secondary N) is 2. The Labute approximate surface area is 173 Å². The SMILES string of the molecule is CCNC(=NCCc1cc2ccccc2o1)N1CCN(CC(=O)NC(C)C)CC1. The highest BCUT2D eigenvalue weighted by molar-refractivity contribution is 5.80. The quantitative estimate of drug-likeness (QED) is 0.551. The Morgan fingerprint density at radius 3 is 2.66 bits per heavy atom. The first-order chi connectivity index (χ1) is 14.0. The normalized spacial score (nSPS) is 15.9. The van der Waals surface area contributed by atoms with E-state index in [1.54, 1.807) is 0 Å². The summed E-state index contributed by atoms with van der Waals surface area (Å²) >= 11 is 0. The molecule has 0 unspecified atom stereocenters. The van der Waals surface area contributed by atoms with E-state index in [2.05, 4.69) is 39.5 Å². The van der Waals surface area contributed by atoms with E-state index in [-0.39, 0.29) is 11.9 Å². The molecule has 7 heteroatoms. The van der Waals surface area contributed by atoms with Gasteiger partial charge in [-0.3, -0.25) is 14.7 Å². The number of carbonyl (C=O) groups excluding carboxylic acids is 1. The summed E-state index contributed by atoms with van der Waals surface area (Å²) in [6.07, 6.45) is 0.777. The van der Waals surface area contributed by atoms with Crippen LogP contribution in [0.15, 0.2) is 39.7 Å². The van der Waals surface area contributed by atoms with Crippen molar-refractivity contribution in [3.8, 4) is 0 Å². The average Bonchev–Trinajstić information content (AvgIpc) is 3.10. The molecule has 0 bridgehead atoms. The summed E-state index contributed by atoms with van der Waals surface area (Å²) in [5.74, 6) is 2.00. The van der Waals surface area contributed by atoms with E-state index in [0.717, 1.165) is 61.8 Å². The summed E-state index contributed by atoms with van der Waals surface area (Å²) in [6, 6.07) is 10.4. The highest BCUT2D eigenvalue weighted by Crippen LogP contribution is 2.19. The van der Waals surface area contributed by atoms with Gasteiger partial charge in [0.05, 0.1) is 6.54 Å². The Kier molecular flexibility index (Phi) is 7.52. The monoisotopic (exact) mass is 399 g/mol. The summed E-state index contributed by atoms with van der Waals surface area (Å²) < 4.78 is 5.89. The molecule has 1 aliphatic rings. The van der Waals surface area contributed by atoms with Crippen LogP contribution in [0, 0.1) is 0 Å². The zero-order chi connectivity index (χ0) is 20.6. The molecule has 0 aliphatic carbocycles. The van der Waals surface area contributed by atoms with Crippen molar-refractivity contribution in [2.24, 2.45) is 4.99 Å². The Morgan fingerprint density at radius 2 is 1.97 bits per heavy atom. The number of nitrogens with zero attached hydrogens (tertiary/aromatic N) is 3. The van der Waals surface area contributed by atoms with Gasteiger partial charge in [-0.25, -0.2) is 0 Å². The van der Waals surface area contributed by atoms with Crippen LogP contribution in [0.1, 0.15) is 26.5 Å². The van der Waals surface area contributed by atoms with Crippen molar-refractivity contribution in [2.75, 3.05) is 45.8 Å². The minimum absolute atomic E-state index is 0.0971. The van der Waals surface area contributed by atoms with Gasteiger partial charge in [-0.05, 0) is 32.9 Å². The van der Waals surface area contributed by atoms with Gasteiger partial charge in [0, 0.05) is 57.1 Å². The van der Waals surface area contributed by atoms with Crippen LogP contribution in [0.5, 0.6) is 0 Å². The first-order valence-electron chi connectivity index (χ1n) is 10.6. The summed E-state index contributed by atoms with van der Waals surface area (Å²) in [5.41, 5.74) is 0.927. The van der Waals surface area contributed by atoms with Crippen LogP contribution in [0.4, 0.5) is 0 Å². The molecule has 1 amide bonds. The third-order valence-electron chi connectivity index (χ3n) is 4.92. The standard InChI is InChI=1S/C22H33N5O2/c1-4-23-22(24-10-9-19-15-18-7-5-6-8-20(18)29-19)27-13-11-26(12-14-27)16-21(28)25-17(2)3/h5-8,15,17H,4,9-14,16H2,1-3H3,(H,23,24)(H,25,28). The predicted molar refractivity (Wildman–Crippen MR) is 117 cm³/mol. The predicted octanol–water partition coefficient (Wildman–Crippen LogP) is 2.08. The summed E-state index contributed by atoms with van der Waals surface area (Å²) in [4.78, 5) is 21.2. The molecule has 2 N–H and O–H groups in total. The maximum Gasteiger partial charge on any atom is 0.234 e. The topological polar surface area (TPSA) is 73.1 Å². The van der Waals surface area contributed by atoms with Gasteiger partial charge in [0.25, 0.3) is 0 Å². The fraction of sp³-hybridized carbons (Fsp3) is 0.545. The zero-order valence-electron chi connectivity index (χ0n) is 17.8. The fourth-order valence-electron chi connectivity index (χ4n) is 3.55. The molecule has 0 spiro atoms. The second-order valence-corrected chi connectivity index (χ2v) is 7.72. The summed E-state index contributed by atoms with van der Waals surface area (Å²) in [5, 5.41) is 7.49. The number of furan rings is 1. The van der Waals surface area contributed by atoms with E-state index in [9.17, 15) is 4.79 Å². The van der Waals surface area contributed by atoms with Crippen molar-refractivity contribution < 1.29 is 9.21 Å². The van der Waals surface area contributed by atoms with E-state index in [1.807, 2.05) is 32.0 Å². The molecule has 0 atom stereocenters. The number of benzene rings is 1. The largest absolute Gasteiger partial charge is 0.461 e. The van der Waals surface area contributed by atoms with Gasteiger partial charge in [0.15, 0.2) is 5.96 Å². The number of guanidine groups is 1.